The Hall–Kier alpha value is -3.70. The fourth-order valence-corrected chi connectivity index (χ4v) is 5.44. The molecule has 3 amide bonds. The van der Waals surface area contributed by atoms with Gasteiger partial charge in [0, 0.05) is 43.5 Å². The predicted octanol–water partition coefficient (Wildman–Crippen LogP) is 3.72. The molecule has 3 atom stereocenters. The molecule has 0 bridgehead atoms. The molecular formula is C32H43ClN4O7. The van der Waals surface area contributed by atoms with E-state index in [4.69, 9.17) is 25.8 Å². The molecule has 0 saturated carbocycles. The van der Waals surface area contributed by atoms with Crippen LogP contribution in [-0.2, 0) is 41.4 Å². The van der Waals surface area contributed by atoms with Crippen LogP contribution in [0.15, 0.2) is 48.7 Å². The molecule has 2 aromatic rings. The summed E-state index contributed by atoms with van der Waals surface area (Å²) < 4.78 is 15.5. The van der Waals surface area contributed by atoms with E-state index < -0.39 is 41.1 Å². The second-order valence-corrected chi connectivity index (χ2v) is 12.5. The molecule has 1 aromatic carbocycles. The summed E-state index contributed by atoms with van der Waals surface area (Å²) in [5.74, 6) is -1.89. The molecule has 1 aliphatic rings. The number of rotatable bonds is 12. The van der Waals surface area contributed by atoms with E-state index >= 15 is 0 Å². The molecule has 1 aliphatic heterocycles. The molecule has 3 rings (SSSR count). The van der Waals surface area contributed by atoms with Gasteiger partial charge in [0.15, 0.2) is 0 Å². The number of likely N-dealkylation sites (tertiary alicyclic amines) is 1. The Morgan fingerprint density at radius 3 is 2.43 bits per heavy atom. The van der Waals surface area contributed by atoms with Crippen LogP contribution < -0.4 is 10.6 Å². The summed E-state index contributed by atoms with van der Waals surface area (Å²) in [6, 6.07) is 11.7. The highest BCUT2D eigenvalue weighted by Crippen LogP contribution is 2.29. The van der Waals surface area contributed by atoms with E-state index in [2.05, 4.69) is 15.6 Å². The van der Waals surface area contributed by atoms with Crippen molar-refractivity contribution in [3.8, 4) is 0 Å². The van der Waals surface area contributed by atoms with Crippen LogP contribution in [0.25, 0.3) is 0 Å². The van der Waals surface area contributed by atoms with Crippen molar-refractivity contribution in [3.63, 3.8) is 0 Å². The van der Waals surface area contributed by atoms with Crippen LogP contribution in [0.2, 0.25) is 5.02 Å². The van der Waals surface area contributed by atoms with Gasteiger partial charge in [-0.15, -0.1) is 0 Å². The molecule has 1 fully saturated rings. The molecule has 0 radical (unpaired) electrons. The number of benzene rings is 1. The summed E-state index contributed by atoms with van der Waals surface area (Å²) in [5, 5.41) is 6.34. The van der Waals surface area contributed by atoms with E-state index in [0.717, 1.165) is 5.56 Å². The number of aromatic nitrogens is 1. The monoisotopic (exact) mass is 630 g/mol. The molecular weight excluding hydrogens is 588 g/mol. The fourth-order valence-electron chi connectivity index (χ4n) is 5.31. The highest BCUT2D eigenvalue weighted by Gasteiger charge is 2.42. The van der Waals surface area contributed by atoms with Gasteiger partial charge in [0.1, 0.15) is 11.6 Å². The van der Waals surface area contributed by atoms with E-state index in [0.29, 0.717) is 36.5 Å². The first-order valence-corrected chi connectivity index (χ1v) is 15.0. The van der Waals surface area contributed by atoms with Crippen molar-refractivity contribution in [2.45, 2.75) is 70.1 Å². The summed E-state index contributed by atoms with van der Waals surface area (Å²) >= 11 is 6.13. The quantitative estimate of drug-likeness (QED) is 0.339. The number of amides is 3. The summed E-state index contributed by atoms with van der Waals surface area (Å²) in [6.45, 7) is 5.74. The van der Waals surface area contributed by atoms with Crippen molar-refractivity contribution in [1.29, 1.82) is 0 Å². The number of nitrogens with one attached hydrogen (secondary N) is 2. The highest BCUT2D eigenvalue weighted by molar-refractivity contribution is 6.30. The number of esters is 1. The Balaban J connectivity index is 1.89. The second-order valence-electron chi connectivity index (χ2n) is 12.1. The number of alkyl carbamates (subject to hydrolysis) is 1. The minimum absolute atomic E-state index is 0.0873. The number of methoxy groups -OCH3 is 2. The van der Waals surface area contributed by atoms with Gasteiger partial charge < -0.3 is 29.7 Å². The van der Waals surface area contributed by atoms with Gasteiger partial charge in [-0.3, -0.25) is 19.4 Å². The maximum absolute atomic E-state index is 14.0. The van der Waals surface area contributed by atoms with Gasteiger partial charge in [-0.1, -0.05) is 29.8 Å². The number of pyridine rings is 1. The Labute approximate surface area is 264 Å². The first-order valence-electron chi connectivity index (χ1n) is 14.6. The van der Waals surface area contributed by atoms with E-state index in [1.807, 2.05) is 24.3 Å². The minimum Gasteiger partial charge on any atom is -0.469 e. The van der Waals surface area contributed by atoms with E-state index in [9.17, 15) is 19.2 Å². The molecule has 44 heavy (non-hydrogen) atoms. The molecule has 240 valence electrons. The zero-order valence-electron chi connectivity index (χ0n) is 26.1. The normalized spacial score (nSPS) is 18.1. The number of halogens is 1. The molecule has 2 N–H and O–H groups in total. The van der Waals surface area contributed by atoms with Gasteiger partial charge in [-0.05, 0) is 69.9 Å². The van der Waals surface area contributed by atoms with Gasteiger partial charge in [0.25, 0.3) is 0 Å². The molecule has 0 unspecified atom stereocenters. The van der Waals surface area contributed by atoms with Gasteiger partial charge in [-0.2, -0.15) is 0 Å². The molecule has 1 saturated heterocycles. The van der Waals surface area contributed by atoms with Crippen LogP contribution in [0, 0.1) is 5.92 Å². The first-order chi connectivity index (χ1) is 20.8. The third-order valence-corrected chi connectivity index (χ3v) is 7.50. The Bertz CT molecular complexity index is 1270. The Morgan fingerprint density at radius 1 is 1.09 bits per heavy atom. The van der Waals surface area contributed by atoms with Crippen molar-refractivity contribution >= 4 is 35.5 Å². The van der Waals surface area contributed by atoms with Crippen LogP contribution in [0.5, 0.6) is 0 Å². The maximum atomic E-state index is 14.0. The molecule has 1 aromatic heterocycles. The third-order valence-electron chi connectivity index (χ3n) is 7.25. The molecule has 0 spiro atoms. The summed E-state index contributed by atoms with van der Waals surface area (Å²) in [4.78, 5) is 58.6. The van der Waals surface area contributed by atoms with Gasteiger partial charge >= 0.3 is 12.1 Å². The van der Waals surface area contributed by atoms with Gasteiger partial charge in [0.2, 0.25) is 11.8 Å². The highest BCUT2D eigenvalue weighted by atomic mass is 35.5. The zero-order chi connectivity index (χ0) is 32.3. The number of ether oxygens (including phenoxy) is 3. The Kier molecular flexibility index (Phi) is 12.5. The maximum Gasteiger partial charge on any atom is 0.408 e. The van der Waals surface area contributed by atoms with Crippen LogP contribution in [-0.4, -0.2) is 84.9 Å². The number of piperidine rings is 1. The third kappa shape index (κ3) is 10.8. The number of hydrogen-bond acceptors (Lipinski definition) is 8. The lowest BCUT2D eigenvalue weighted by molar-refractivity contribution is -0.148. The molecule has 2 heterocycles. The number of nitrogens with zero attached hydrogens (tertiary/aromatic N) is 2. The smallest absolute Gasteiger partial charge is 0.408 e. The van der Waals surface area contributed by atoms with Crippen molar-refractivity contribution in [1.82, 2.24) is 20.5 Å². The van der Waals surface area contributed by atoms with E-state index in [-0.39, 0.29) is 31.9 Å². The minimum atomic E-state index is -1.04. The molecule has 12 heteroatoms. The standard InChI is InChI=1S/C32H43ClN4O7/c1-31(2,3)44-30(41)35-26(20-42-4)28(39)36-32(19-22-10-12-24(33)13-11-22)14-8-16-37(21-32)29(40)23(18-27(38)43-5)17-25-9-6-7-15-34-25/h6-7,9-13,15,23,26H,8,14,16-21H2,1-5H3,(H,35,41)(H,36,39)/t23-,26+,32-/m1/s1. The fraction of sp³-hybridized carbons (Fsp3) is 0.531. The van der Waals surface area contributed by atoms with Crippen LogP contribution in [0.1, 0.15) is 51.3 Å². The summed E-state index contributed by atoms with van der Waals surface area (Å²) in [5.41, 5.74) is -0.0507. The Morgan fingerprint density at radius 2 is 1.82 bits per heavy atom. The molecule has 0 aliphatic carbocycles. The average molecular weight is 631 g/mol. The lowest BCUT2D eigenvalue weighted by Crippen LogP contribution is -2.64. The van der Waals surface area contributed by atoms with Gasteiger partial charge in [-0.25, -0.2) is 4.79 Å². The second kappa shape index (κ2) is 15.9. The summed E-state index contributed by atoms with van der Waals surface area (Å²) in [7, 11) is 2.73. The van der Waals surface area contributed by atoms with Crippen molar-refractivity contribution < 1.29 is 33.4 Å². The lowest BCUT2D eigenvalue weighted by Gasteiger charge is -2.45. The van der Waals surface area contributed by atoms with E-state index in [1.54, 1.807) is 50.1 Å². The lowest BCUT2D eigenvalue weighted by atomic mass is 9.82. The summed E-state index contributed by atoms with van der Waals surface area (Å²) in [6.07, 6.45) is 2.62. The average Bonchev–Trinajstić information content (AvgIpc) is 2.97. The number of hydrogen-bond donors (Lipinski definition) is 2. The van der Waals surface area contributed by atoms with Crippen LogP contribution in [0.4, 0.5) is 4.79 Å². The van der Waals surface area contributed by atoms with Crippen molar-refractivity contribution in [3.05, 3.63) is 64.9 Å². The number of carbonyl (C=O) groups excluding carboxylic acids is 4. The largest absolute Gasteiger partial charge is 0.469 e. The van der Waals surface area contributed by atoms with Crippen LogP contribution in [0.3, 0.4) is 0 Å². The van der Waals surface area contributed by atoms with Crippen molar-refractivity contribution in [2.75, 3.05) is 33.9 Å². The SMILES string of the molecule is COC[C@H](NC(=O)OC(C)(C)C)C(=O)N[C@@]1(Cc2ccc(Cl)cc2)CCCN(C(=O)[C@@H](CC(=O)OC)Cc2ccccn2)C1. The topological polar surface area (TPSA) is 136 Å². The molecule has 11 nitrogen and oxygen atoms in total. The van der Waals surface area contributed by atoms with Crippen molar-refractivity contribution in [2.24, 2.45) is 5.92 Å². The van der Waals surface area contributed by atoms with Gasteiger partial charge in [0.05, 0.1) is 31.6 Å². The van der Waals surface area contributed by atoms with Crippen LogP contribution >= 0.6 is 11.6 Å². The predicted molar refractivity (Wildman–Crippen MR) is 165 cm³/mol. The van der Waals surface area contributed by atoms with E-state index in [1.165, 1.54) is 14.2 Å². The first kappa shape index (κ1) is 34.8. The zero-order valence-corrected chi connectivity index (χ0v) is 26.8. The number of carbonyl (C=O) groups is 4.